The summed E-state index contributed by atoms with van der Waals surface area (Å²) in [5.74, 6) is 0.972. The van der Waals surface area contributed by atoms with E-state index in [-0.39, 0.29) is 0 Å². The molecule has 0 bridgehead atoms. The maximum absolute atomic E-state index is 6.23. The van der Waals surface area contributed by atoms with Crippen LogP contribution in [0.1, 0.15) is 18.4 Å². The van der Waals surface area contributed by atoms with Crippen LogP contribution in [0.2, 0.25) is 5.02 Å². The number of rotatable bonds is 4. The maximum Gasteiger partial charge on any atom is 0.139 e. The zero-order chi connectivity index (χ0) is 12.5. The second-order valence-electron chi connectivity index (χ2n) is 4.82. The second-order valence-corrected chi connectivity index (χ2v) is 5.23. The van der Waals surface area contributed by atoms with Gasteiger partial charge in [0, 0.05) is 42.6 Å². The molecule has 1 fully saturated rings. The molecule has 1 N–H and O–H groups in total. The first-order valence-corrected chi connectivity index (χ1v) is 6.61. The molecular formula is C14H16ClN3. The Hall–Kier alpha value is -1.32. The molecule has 0 atom stereocenters. The van der Waals surface area contributed by atoms with Crippen LogP contribution in [0.4, 0.5) is 0 Å². The number of nitrogens with zero attached hydrogens (tertiary/aromatic N) is 2. The van der Waals surface area contributed by atoms with Crippen LogP contribution in [0.15, 0.2) is 30.6 Å². The van der Waals surface area contributed by atoms with Gasteiger partial charge in [0.15, 0.2) is 0 Å². The van der Waals surface area contributed by atoms with Gasteiger partial charge in [-0.25, -0.2) is 4.98 Å². The average molecular weight is 262 g/mol. The van der Waals surface area contributed by atoms with E-state index in [9.17, 15) is 0 Å². The van der Waals surface area contributed by atoms with Crippen molar-refractivity contribution in [2.75, 3.05) is 0 Å². The monoisotopic (exact) mass is 261 g/mol. The Morgan fingerprint density at radius 3 is 2.94 bits per heavy atom. The summed E-state index contributed by atoms with van der Waals surface area (Å²) in [6.07, 6.45) is 6.34. The second kappa shape index (κ2) is 4.75. The van der Waals surface area contributed by atoms with Gasteiger partial charge in [-0.15, -0.1) is 0 Å². The van der Waals surface area contributed by atoms with Crippen LogP contribution in [0, 0.1) is 0 Å². The summed E-state index contributed by atoms with van der Waals surface area (Å²) in [6.45, 7) is 0.835. The number of hydrogen-bond acceptors (Lipinski definition) is 2. The van der Waals surface area contributed by atoms with Crippen LogP contribution in [0.25, 0.3) is 11.4 Å². The summed E-state index contributed by atoms with van der Waals surface area (Å²) in [4.78, 5) is 4.36. The first-order valence-electron chi connectivity index (χ1n) is 6.23. The molecule has 18 heavy (non-hydrogen) atoms. The standard InChI is InChI=1S/C14H16ClN3/c1-18-7-6-16-14(18)10-2-5-13(15)11(8-10)9-17-12-3-4-12/h2,5-8,12,17H,3-4,9H2,1H3. The third-order valence-corrected chi connectivity index (χ3v) is 3.65. The van der Waals surface area contributed by atoms with E-state index in [1.165, 1.54) is 12.8 Å². The van der Waals surface area contributed by atoms with Crippen LogP contribution in [-0.4, -0.2) is 15.6 Å². The van der Waals surface area contributed by atoms with E-state index in [4.69, 9.17) is 11.6 Å². The quantitative estimate of drug-likeness (QED) is 0.917. The molecule has 0 aliphatic heterocycles. The number of halogens is 1. The van der Waals surface area contributed by atoms with Gasteiger partial charge in [0.2, 0.25) is 0 Å². The average Bonchev–Trinajstić information content (AvgIpc) is 3.10. The Bertz CT molecular complexity index is 558. The fourth-order valence-corrected chi connectivity index (χ4v) is 2.22. The van der Waals surface area contributed by atoms with Gasteiger partial charge in [-0.3, -0.25) is 0 Å². The fourth-order valence-electron chi connectivity index (χ4n) is 2.03. The van der Waals surface area contributed by atoms with Crippen molar-refractivity contribution in [2.24, 2.45) is 7.05 Å². The molecule has 1 heterocycles. The molecule has 2 aromatic rings. The molecule has 94 valence electrons. The molecule has 1 saturated carbocycles. The van der Waals surface area contributed by atoms with Gasteiger partial charge in [0.1, 0.15) is 5.82 Å². The van der Waals surface area contributed by atoms with Gasteiger partial charge < -0.3 is 9.88 Å². The van der Waals surface area contributed by atoms with E-state index in [1.807, 2.05) is 36.1 Å². The Balaban J connectivity index is 1.87. The van der Waals surface area contributed by atoms with Gasteiger partial charge in [0.05, 0.1) is 0 Å². The van der Waals surface area contributed by atoms with Crippen molar-refractivity contribution in [1.82, 2.24) is 14.9 Å². The van der Waals surface area contributed by atoms with Crippen LogP contribution < -0.4 is 5.32 Å². The summed E-state index contributed by atoms with van der Waals surface area (Å²) in [6, 6.07) is 6.79. The van der Waals surface area contributed by atoms with Gasteiger partial charge >= 0.3 is 0 Å². The first-order chi connectivity index (χ1) is 8.74. The molecule has 0 unspecified atom stereocenters. The third-order valence-electron chi connectivity index (χ3n) is 3.28. The van der Waals surface area contributed by atoms with Crippen LogP contribution in [0.3, 0.4) is 0 Å². The van der Waals surface area contributed by atoms with Gasteiger partial charge in [0.25, 0.3) is 0 Å². The predicted molar refractivity (Wildman–Crippen MR) is 73.5 cm³/mol. The molecule has 1 aromatic heterocycles. The number of hydrogen-bond donors (Lipinski definition) is 1. The van der Waals surface area contributed by atoms with Gasteiger partial charge in [-0.1, -0.05) is 11.6 Å². The van der Waals surface area contributed by atoms with E-state index >= 15 is 0 Å². The van der Waals surface area contributed by atoms with E-state index in [2.05, 4.69) is 16.4 Å². The highest BCUT2D eigenvalue weighted by molar-refractivity contribution is 6.31. The lowest BCUT2D eigenvalue weighted by atomic mass is 10.1. The molecule has 3 nitrogen and oxygen atoms in total. The Morgan fingerprint density at radius 1 is 1.44 bits per heavy atom. The Kier molecular flexibility index (Phi) is 3.10. The molecule has 3 rings (SSSR count). The minimum absolute atomic E-state index is 0.692. The molecule has 0 amide bonds. The topological polar surface area (TPSA) is 29.9 Å². The molecule has 4 heteroatoms. The molecule has 1 aromatic carbocycles. The number of nitrogens with one attached hydrogen (secondary N) is 1. The maximum atomic E-state index is 6.23. The summed E-state index contributed by atoms with van der Waals surface area (Å²) in [7, 11) is 2.00. The van der Waals surface area contributed by atoms with E-state index in [1.54, 1.807) is 0 Å². The molecule has 1 aliphatic rings. The summed E-state index contributed by atoms with van der Waals surface area (Å²) in [5.41, 5.74) is 2.25. The lowest BCUT2D eigenvalue weighted by Gasteiger charge is -2.08. The number of benzene rings is 1. The molecule has 0 radical (unpaired) electrons. The minimum Gasteiger partial charge on any atom is -0.334 e. The van der Waals surface area contributed by atoms with Crippen molar-refractivity contribution in [2.45, 2.75) is 25.4 Å². The molecule has 0 saturated heterocycles. The van der Waals surface area contributed by atoms with Gasteiger partial charge in [-0.05, 0) is 36.6 Å². The lowest BCUT2D eigenvalue weighted by molar-refractivity contribution is 0.688. The highest BCUT2D eigenvalue weighted by atomic mass is 35.5. The molecular weight excluding hydrogens is 246 g/mol. The van der Waals surface area contributed by atoms with E-state index in [0.717, 1.165) is 28.5 Å². The predicted octanol–water partition coefficient (Wildman–Crippen LogP) is 2.99. The first kappa shape index (κ1) is 11.8. The molecule has 0 spiro atoms. The number of aryl methyl sites for hydroxylation is 1. The summed E-state index contributed by atoms with van der Waals surface area (Å²) >= 11 is 6.23. The van der Waals surface area contributed by atoms with E-state index < -0.39 is 0 Å². The SMILES string of the molecule is Cn1ccnc1-c1ccc(Cl)c(CNC2CC2)c1. The van der Waals surface area contributed by atoms with E-state index in [0.29, 0.717) is 6.04 Å². The Morgan fingerprint density at radius 2 is 2.28 bits per heavy atom. The lowest BCUT2D eigenvalue weighted by Crippen LogP contribution is -2.15. The summed E-state index contributed by atoms with van der Waals surface area (Å²) in [5, 5.41) is 4.31. The third kappa shape index (κ3) is 2.42. The Labute approximate surface area is 112 Å². The number of aromatic nitrogens is 2. The van der Waals surface area contributed by atoms with Crippen molar-refractivity contribution in [3.05, 3.63) is 41.2 Å². The normalized spacial score (nSPS) is 15.0. The van der Waals surface area contributed by atoms with Crippen LogP contribution >= 0.6 is 11.6 Å². The van der Waals surface area contributed by atoms with Gasteiger partial charge in [-0.2, -0.15) is 0 Å². The minimum atomic E-state index is 0.692. The van der Waals surface area contributed by atoms with Crippen molar-refractivity contribution < 1.29 is 0 Å². The van der Waals surface area contributed by atoms with Crippen molar-refractivity contribution in [3.63, 3.8) is 0 Å². The highest BCUT2D eigenvalue weighted by Crippen LogP contribution is 2.25. The zero-order valence-corrected chi connectivity index (χ0v) is 11.1. The van der Waals surface area contributed by atoms with Crippen LogP contribution in [0.5, 0.6) is 0 Å². The van der Waals surface area contributed by atoms with Crippen LogP contribution in [-0.2, 0) is 13.6 Å². The fraction of sp³-hybridized carbons (Fsp3) is 0.357. The number of imidazole rings is 1. The molecule has 1 aliphatic carbocycles. The summed E-state index contributed by atoms with van der Waals surface area (Å²) < 4.78 is 2.02. The van der Waals surface area contributed by atoms with Crippen molar-refractivity contribution >= 4 is 11.6 Å². The smallest absolute Gasteiger partial charge is 0.139 e. The van der Waals surface area contributed by atoms with Crippen molar-refractivity contribution in [3.8, 4) is 11.4 Å². The van der Waals surface area contributed by atoms with Crippen molar-refractivity contribution in [1.29, 1.82) is 0 Å². The zero-order valence-electron chi connectivity index (χ0n) is 10.4. The largest absolute Gasteiger partial charge is 0.334 e. The highest BCUT2D eigenvalue weighted by Gasteiger charge is 2.20.